The molecule has 0 fully saturated rings. The summed E-state index contributed by atoms with van der Waals surface area (Å²) in [4.78, 5) is 0. The average molecular weight is 267 g/mol. The minimum Gasteiger partial charge on any atom is -0.319 e. The van der Waals surface area contributed by atoms with Crippen LogP contribution in [-0.2, 0) is 6.42 Å². The Morgan fingerprint density at radius 1 is 1.00 bits per heavy atom. The van der Waals surface area contributed by atoms with Gasteiger partial charge in [-0.15, -0.1) is 11.3 Å². The summed E-state index contributed by atoms with van der Waals surface area (Å²) in [5.74, 6) is 0. The topological polar surface area (TPSA) is 12.0 Å². The number of hydrogen-bond acceptors (Lipinski definition) is 2. The molecule has 0 bridgehead atoms. The molecule has 0 amide bonds. The van der Waals surface area contributed by atoms with E-state index < -0.39 is 0 Å². The minimum atomic E-state index is 1.03. The van der Waals surface area contributed by atoms with Gasteiger partial charge in [0.25, 0.3) is 0 Å². The van der Waals surface area contributed by atoms with Crippen molar-refractivity contribution in [3.63, 3.8) is 0 Å². The van der Waals surface area contributed by atoms with Gasteiger partial charge in [-0.3, -0.25) is 0 Å². The number of likely N-dealkylation sites (N-methyl/N-ethyl adjacent to an activating group) is 1. The number of nitrogens with one attached hydrogen (secondary N) is 1. The van der Waals surface area contributed by atoms with Crippen LogP contribution in [0.5, 0.6) is 0 Å². The van der Waals surface area contributed by atoms with Gasteiger partial charge in [0.05, 0.1) is 0 Å². The molecule has 0 radical (unpaired) electrons. The number of hydrogen-bond donors (Lipinski definition) is 1. The first-order chi connectivity index (χ1) is 9.38. The second-order valence-corrected chi connectivity index (χ2v) is 5.60. The van der Waals surface area contributed by atoms with Crippen molar-refractivity contribution in [2.24, 2.45) is 0 Å². The second-order valence-electron chi connectivity index (χ2n) is 4.69. The molecule has 0 saturated carbocycles. The van der Waals surface area contributed by atoms with Crippen molar-refractivity contribution in [3.8, 4) is 11.1 Å². The molecule has 3 aromatic rings. The highest BCUT2D eigenvalue weighted by Crippen LogP contribution is 2.30. The Kier molecular flexibility index (Phi) is 3.62. The van der Waals surface area contributed by atoms with Crippen molar-refractivity contribution in [1.29, 1.82) is 0 Å². The number of fused-ring (bicyclic) bond motifs is 1. The molecule has 3 rings (SSSR count). The lowest BCUT2D eigenvalue weighted by Gasteiger charge is -2.03. The van der Waals surface area contributed by atoms with E-state index in [4.69, 9.17) is 0 Å². The molecule has 1 aromatic heterocycles. The van der Waals surface area contributed by atoms with E-state index in [0.717, 1.165) is 13.0 Å². The fourth-order valence-electron chi connectivity index (χ4n) is 2.35. The maximum Gasteiger partial charge on any atom is 0.0351 e. The molecule has 1 N–H and O–H groups in total. The van der Waals surface area contributed by atoms with Crippen LogP contribution in [0.4, 0.5) is 0 Å². The first-order valence-corrected chi connectivity index (χ1v) is 7.46. The molecular formula is C17H17NS. The average Bonchev–Trinajstić information content (AvgIpc) is 2.88. The molecule has 96 valence electrons. The Morgan fingerprint density at radius 2 is 1.84 bits per heavy atom. The van der Waals surface area contributed by atoms with Gasteiger partial charge in [0.2, 0.25) is 0 Å². The van der Waals surface area contributed by atoms with Crippen molar-refractivity contribution in [2.75, 3.05) is 13.6 Å². The smallest absolute Gasteiger partial charge is 0.0351 e. The maximum atomic E-state index is 3.21. The highest BCUT2D eigenvalue weighted by atomic mass is 32.1. The Labute approximate surface area is 117 Å². The Morgan fingerprint density at radius 3 is 2.63 bits per heavy atom. The van der Waals surface area contributed by atoms with E-state index in [-0.39, 0.29) is 0 Å². The van der Waals surface area contributed by atoms with Crippen molar-refractivity contribution < 1.29 is 0 Å². The van der Waals surface area contributed by atoms with Gasteiger partial charge in [0.15, 0.2) is 0 Å². The third kappa shape index (κ3) is 2.55. The van der Waals surface area contributed by atoms with Crippen LogP contribution in [0.15, 0.2) is 53.9 Å². The van der Waals surface area contributed by atoms with Crippen LogP contribution < -0.4 is 5.32 Å². The Bertz CT molecular complexity index is 670. The second kappa shape index (κ2) is 5.55. The van der Waals surface area contributed by atoms with Crippen molar-refractivity contribution >= 4 is 21.4 Å². The molecule has 1 heterocycles. The molecule has 0 unspecified atom stereocenters. The first-order valence-electron chi connectivity index (χ1n) is 6.58. The molecule has 0 spiro atoms. The SMILES string of the molecule is CNCCc1csc2cc(-c3ccccc3)ccc12. The molecule has 0 aliphatic carbocycles. The van der Waals surface area contributed by atoms with E-state index in [0.29, 0.717) is 0 Å². The van der Waals surface area contributed by atoms with Crippen LogP contribution >= 0.6 is 11.3 Å². The van der Waals surface area contributed by atoms with Gasteiger partial charge in [0.1, 0.15) is 0 Å². The quantitative estimate of drug-likeness (QED) is 0.742. The van der Waals surface area contributed by atoms with Crippen LogP contribution in [-0.4, -0.2) is 13.6 Å². The molecule has 0 saturated heterocycles. The van der Waals surface area contributed by atoms with E-state index in [1.807, 2.05) is 18.4 Å². The van der Waals surface area contributed by atoms with Gasteiger partial charge in [-0.2, -0.15) is 0 Å². The fraction of sp³-hybridized carbons (Fsp3) is 0.176. The predicted molar refractivity (Wildman–Crippen MR) is 84.9 cm³/mol. The van der Waals surface area contributed by atoms with Crippen LogP contribution in [0.1, 0.15) is 5.56 Å². The maximum absolute atomic E-state index is 3.21. The summed E-state index contributed by atoms with van der Waals surface area (Å²) in [5, 5.41) is 6.90. The summed E-state index contributed by atoms with van der Waals surface area (Å²) >= 11 is 1.85. The minimum absolute atomic E-state index is 1.03. The number of benzene rings is 2. The lowest BCUT2D eigenvalue weighted by Crippen LogP contribution is -2.09. The number of thiophene rings is 1. The van der Waals surface area contributed by atoms with E-state index in [2.05, 4.69) is 59.2 Å². The first kappa shape index (κ1) is 12.4. The fourth-order valence-corrected chi connectivity index (χ4v) is 3.38. The molecule has 19 heavy (non-hydrogen) atoms. The summed E-state index contributed by atoms with van der Waals surface area (Å²) < 4.78 is 1.38. The highest BCUT2D eigenvalue weighted by Gasteiger charge is 2.05. The van der Waals surface area contributed by atoms with Gasteiger partial charge < -0.3 is 5.32 Å². The third-order valence-electron chi connectivity index (χ3n) is 3.41. The van der Waals surface area contributed by atoms with E-state index in [1.165, 1.54) is 26.8 Å². The molecule has 2 heteroatoms. The van der Waals surface area contributed by atoms with Crippen LogP contribution in [0, 0.1) is 0 Å². The summed E-state index contributed by atoms with van der Waals surface area (Å²) in [6, 6.07) is 17.4. The van der Waals surface area contributed by atoms with Gasteiger partial charge in [-0.25, -0.2) is 0 Å². The largest absolute Gasteiger partial charge is 0.319 e. The molecule has 2 aromatic carbocycles. The molecule has 0 aliphatic heterocycles. The standard InChI is InChI=1S/C17H17NS/c1-18-10-9-15-12-19-17-11-14(7-8-16(15)17)13-5-3-2-4-6-13/h2-8,11-12,18H,9-10H2,1H3. The van der Waals surface area contributed by atoms with Gasteiger partial charge in [-0.05, 0) is 53.5 Å². The summed E-state index contributed by atoms with van der Waals surface area (Å²) in [6.07, 6.45) is 1.10. The summed E-state index contributed by atoms with van der Waals surface area (Å²) in [5.41, 5.74) is 4.04. The number of rotatable bonds is 4. The Balaban J connectivity index is 1.99. The lowest BCUT2D eigenvalue weighted by molar-refractivity contribution is 0.796. The van der Waals surface area contributed by atoms with Crippen LogP contribution in [0.3, 0.4) is 0 Å². The van der Waals surface area contributed by atoms with Crippen molar-refractivity contribution in [1.82, 2.24) is 5.32 Å². The van der Waals surface area contributed by atoms with E-state index in [9.17, 15) is 0 Å². The molecular weight excluding hydrogens is 250 g/mol. The predicted octanol–water partition coefficient (Wildman–Crippen LogP) is 4.33. The summed E-state index contributed by atoms with van der Waals surface area (Å²) in [6.45, 7) is 1.03. The van der Waals surface area contributed by atoms with E-state index >= 15 is 0 Å². The lowest BCUT2D eigenvalue weighted by atomic mass is 10.0. The van der Waals surface area contributed by atoms with Gasteiger partial charge >= 0.3 is 0 Å². The van der Waals surface area contributed by atoms with Crippen molar-refractivity contribution in [2.45, 2.75) is 6.42 Å². The zero-order valence-corrected chi connectivity index (χ0v) is 11.8. The molecule has 0 aliphatic rings. The van der Waals surface area contributed by atoms with Gasteiger partial charge in [0, 0.05) is 4.70 Å². The van der Waals surface area contributed by atoms with E-state index in [1.54, 1.807) is 0 Å². The normalized spacial score (nSPS) is 11.0. The van der Waals surface area contributed by atoms with Crippen LogP contribution in [0.2, 0.25) is 0 Å². The Hall–Kier alpha value is -1.64. The zero-order valence-electron chi connectivity index (χ0n) is 11.0. The van der Waals surface area contributed by atoms with Gasteiger partial charge in [-0.1, -0.05) is 42.5 Å². The molecule has 0 atom stereocenters. The molecule has 1 nitrogen and oxygen atoms in total. The highest BCUT2D eigenvalue weighted by molar-refractivity contribution is 7.17. The monoisotopic (exact) mass is 267 g/mol. The van der Waals surface area contributed by atoms with Crippen molar-refractivity contribution in [3.05, 3.63) is 59.5 Å². The third-order valence-corrected chi connectivity index (χ3v) is 4.40. The zero-order chi connectivity index (χ0) is 13.1. The summed E-state index contributed by atoms with van der Waals surface area (Å²) in [7, 11) is 2.00. The van der Waals surface area contributed by atoms with Crippen LogP contribution in [0.25, 0.3) is 21.2 Å².